The fourth-order valence-corrected chi connectivity index (χ4v) is 2.19. The first-order chi connectivity index (χ1) is 11.8. The summed E-state index contributed by atoms with van der Waals surface area (Å²) in [4.78, 5) is 32.1. The number of ether oxygens (including phenoxy) is 3. The van der Waals surface area contributed by atoms with E-state index in [1.165, 1.54) is 26.1 Å². The van der Waals surface area contributed by atoms with Crippen LogP contribution < -0.4 is 4.74 Å². The van der Waals surface area contributed by atoms with Crippen molar-refractivity contribution in [2.45, 2.75) is 26.6 Å². The van der Waals surface area contributed by atoms with Crippen molar-refractivity contribution in [3.8, 4) is 11.6 Å². The lowest BCUT2D eigenvalue weighted by Crippen LogP contribution is -2.41. The molecule has 0 aliphatic carbocycles. The van der Waals surface area contributed by atoms with Gasteiger partial charge in [0.15, 0.2) is 0 Å². The van der Waals surface area contributed by atoms with Crippen LogP contribution >= 0.6 is 0 Å². The van der Waals surface area contributed by atoms with Gasteiger partial charge in [0.05, 0.1) is 11.9 Å². The third kappa shape index (κ3) is 4.00. The summed E-state index contributed by atoms with van der Waals surface area (Å²) in [6, 6.07) is 6.79. The fraction of sp³-hybridized carbons (Fsp3) is 0.222. The molecule has 0 amide bonds. The average Bonchev–Trinajstić information content (AvgIpc) is 2.52. The second kappa shape index (κ2) is 6.35. The highest BCUT2D eigenvalue weighted by Crippen LogP contribution is 2.25. The highest BCUT2D eigenvalue weighted by atomic mass is 16.7. The number of aromatic nitrogens is 2. The number of benzene rings is 1. The average molecular weight is 340 g/mol. The Morgan fingerprint density at radius 3 is 2.28 bits per heavy atom. The Balaban J connectivity index is 1.76. The van der Waals surface area contributed by atoms with Crippen LogP contribution in [0.15, 0.2) is 42.2 Å². The van der Waals surface area contributed by atoms with E-state index in [0.29, 0.717) is 17.2 Å². The van der Waals surface area contributed by atoms with E-state index >= 15 is 0 Å². The van der Waals surface area contributed by atoms with Gasteiger partial charge in [0.1, 0.15) is 11.3 Å². The van der Waals surface area contributed by atoms with Crippen molar-refractivity contribution >= 4 is 18.0 Å². The van der Waals surface area contributed by atoms with E-state index in [0.717, 1.165) is 5.69 Å². The molecule has 7 heteroatoms. The van der Waals surface area contributed by atoms with E-state index in [4.69, 9.17) is 14.2 Å². The molecule has 2 aromatic rings. The van der Waals surface area contributed by atoms with Crippen LogP contribution in [0.5, 0.6) is 11.6 Å². The number of rotatable bonds is 3. The quantitative estimate of drug-likeness (QED) is 0.482. The molecule has 1 aliphatic rings. The Morgan fingerprint density at radius 2 is 1.68 bits per heavy atom. The maximum Gasteiger partial charge on any atom is 0.348 e. The first-order valence-corrected chi connectivity index (χ1v) is 7.57. The highest BCUT2D eigenvalue weighted by Gasteiger charge is 2.38. The molecule has 0 saturated carbocycles. The molecular weight excluding hydrogens is 324 g/mol. The molecule has 0 bridgehead atoms. The molecule has 25 heavy (non-hydrogen) atoms. The lowest BCUT2D eigenvalue weighted by atomic mass is 10.1. The molecule has 1 aromatic heterocycles. The van der Waals surface area contributed by atoms with Crippen molar-refractivity contribution < 1.29 is 23.8 Å². The van der Waals surface area contributed by atoms with E-state index in [1.807, 2.05) is 6.92 Å². The number of aryl methyl sites for hydroxylation is 1. The zero-order valence-electron chi connectivity index (χ0n) is 14.0. The molecule has 0 unspecified atom stereocenters. The maximum atomic E-state index is 11.9. The Kier molecular flexibility index (Phi) is 4.22. The molecule has 0 radical (unpaired) electrons. The van der Waals surface area contributed by atoms with Crippen LogP contribution in [0.25, 0.3) is 6.08 Å². The zero-order chi connectivity index (χ0) is 18.0. The first kappa shape index (κ1) is 16.6. The largest absolute Gasteiger partial charge is 0.437 e. The van der Waals surface area contributed by atoms with Gasteiger partial charge in [0, 0.05) is 20.0 Å². The summed E-state index contributed by atoms with van der Waals surface area (Å²) >= 11 is 0. The normalized spacial score (nSPS) is 16.0. The van der Waals surface area contributed by atoms with Gasteiger partial charge in [-0.05, 0) is 30.7 Å². The molecule has 0 atom stereocenters. The third-order valence-electron chi connectivity index (χ3n) is 3.26. The van der Waals surface area contributed by atoms with Gasteiger partial charge in [-0.3, -0.25) is 4.98 Å². The van der Waals surface area contributed by atoms with Crippen LogP contribution in [0.3, 0.4) is 0 Å². The minimum absolute atomic E-state index is 0.155. The highest BCUT2D eigenvalue weighted by molar-refractivity contribution is 6.18. The van der Waals surface area contributed by atoms with Crippen molar-refractivity contribution in [2.24, 2.45) is 0 Å². The molecule has 1 saturated heterocycles. The van der Waals surface area contributed by atoms with Crippen molar-refractivity contribution in [3.05, 3.63) is 53.5 Å². The van der Waals surface area contributed by atoms with Crippen LogP contribution in [0.1, 0.15) is 25.1 Å². The summed E-state index contributed by atoms with van der Waals surface area (Å²) in [5, 5.41) is 0. The molecule has 1 aliphatic heterocycles. The second-order valence-corrected chi connectivity index (χ2v) is 5.91. The number of carbonyl (C=O) groups is 2. The number of cyclic esters (lactones) is 2. The molecule has 128 valence electrons. The molecule has 1 fully saturated rings. The summed E-state index contributed by atoms with van der Waals surface area (Å²) in [5.74, 6) is -1.74. The standard InChI is InChI=1S/C18H16N2O5/c1-11-9-19-10-15(20-11)23-13-6-4-12(5-7-13)8-14-16(21)24-18(2,3)25-17(14)22/h4-10H,1-3H3. The van der Waals surface area contributed by atoms with Crippen LogP contribution in [0, 0.1) is 6.92 Å². The van der Waals surface area contributed by atoms with Gasteiger partial charge in [-0.25, -0.2) is 14.6 Å². The summed E-state index contributed by atoms with van der Waals surface area (Å²) in [6.45, 7) is 4.82. The van der Waals surface area contributed by atoms with Gasteiger partial charge in [0.2, 0.25) is 5.88 Å². The predicted octanol–water partition coefficient (Wildman–Crippen LogP) is 2.80. The third-order valence-corrected chi connectivity index (χ3v) is 3.26. The van der Waals surface area contributed by atoms with E-state index in [1.54, 1.807) is 30.5 Å². The molecule has 0 N–H and O–H groups in total. The Bertz CT molecular complexity index is 834. The molecule has 2 heterocycles. The van der Waals surface area contributed by atoms with Crippen LogP contribution in [-0.2, 0) is 19.1 Å². The van der Waals surface area contributed by atoms with Gasteiger partial charge in [-0.15, -0.1) is 0 Å². The van der Waals surface area contributed by atoms with Crippen LogP contribution in [0.4, 0.5) is 0 Å². The molecule has 1 aromatic carbocycles. The Labute approximate surface area is 144 Å². The van der Waals surface area contributed by atoms with Crippen molar-refractivity contribution in [1.29, 1.82) is 0 Å². The van der Waals surface area contributed by atoms with Crippen molar-refractivity contribution in [3.63, 3.8) is 0 Å². The predicted molar refractivity (Wildman–Crippen MR) is 87.5 cm³/mol. The van der Waals surface area contributed by atoms with Crippen LogP contribution in [-0.4, -0.2) is 27.7 Å². The van der Waals surface area contributed by atoms with E-state index in [2.05, 4.69) is 9.97 Å². The molecule has 3 rings (SSSR count). The summed E-state index contributed by atoms with van der Waals surface area (Å²) in [6.07, 6.45) is 4.56. The summed E-state index contributed by atoms with van der Waals surface area (Å²) in [7, 11) is 0. The number of nitrogens with zero attached hydrogens (tertiary/aromatic N) is 2. The Hall–Kier alpha value is -3.22. The van der Waals surface area contributed by atoms with Gasteiger partial charge < -0.3 is 14.2 Å². The monoisotopic (exact) mass is 340 g/mol. The summed E-state index contributed by atoms with van der Waals surface area (Å²) < 4.78 is 15.7. The Morgan fingerprint density at radius 1 is 1.04 bits per heavy atom. The molecule has 7 nitrogen and oxygen atoms in total. The fourth-order valence-electron chi connectivity index (χ4n) is 2.19. The maximum absolute atomic E-state index is 11.9. The lowest BCUT2D eigenvalue weighted by Gasteiger charge is -2.29. The number of hydrogen-bond donors (Lipinski definition) is 0. The first-order valence-electron chi connectivity index (χ1n) is 7.57. The summed E-state index contributed by atoms with van der Waals surface area (Å²) in [5.41, 5.74) is 1.22. The molecule has 0 spiro atoms. The topological polar surface area (TPSA) is 87.6 Å². The van der Waals surface area contributed by atoms with E-state index in [-0.39, 0.29) is 5.57 Å². The smallest absolute Gasteiger partial charge is 0.348 e. The number of hydrogen-bond acceptors (Lipinski definition) is 7. The second-order valence-electron chi connectivity index (χ2n) is 5.91. The van der Waals surface area contributed by atoms with Gasteiger partial charge in [-0.1, -0.05) is 12.1 Å². The van der Waals surface area contributed by atoms with Gasteiger partial charge in [0.25, 0.3) is 5.79 Å². The SMILES string of the molecule is Cc1cncc(Oc2ccc(C=C3C(=O)OC(C)(C)OC3=O)cc2)n1. The number of esters is 2. The van der Waals surface area contributed by atoms with Gasteiger partial charge in [-0.2, -0.15) is 0 Å². The lowest BCUT2D eigenvalue weighted by molar-refractivity contribution is -0.222. The van der Waals surface area contributed by atoms with E-state index < -0.39 is 17.7 Å². The zero-order valence-corrected chi connectivity index (χ0v) is 14.0. The van der Waals surface area contributed by atoms with Crippen LogP contribution in [0.2, 0.25) is 0 Å². The minimum atomic E-state index is -1.25. The van der Waals surface area contributed by atoms with Crippen molar-refractivity contribution in [1.82, 2.24) is 9.97 Å². The van der Waals surface area contributed by atoms with E-state index in [9.17, 15) is 9.59 Å². The molecular formula is C18H16N2O5. The van der Waals surface area contributed by atoms with Gasteiger partial charge >= 0.3 is 11.9 Å². The van der Waals surface area contributed by atoms with Crippen molar-refractivity contribution in [2.75, 3.05) is 0 Å². The minimum Gasteiger partial charge on any atom is -0.437 e. The number of carbonyl (C=O) groups excluding carboxylic acids is 2.